The first-order chi connectivity index (χ1) is 10.8. The van der Waals surface area contributed by atoms with Gasteiger partial charge in [-0.2, -0.15) is 0 Å². The van der Waals surface area contributed by atoms with Gasteiger partial charge in [-0.15, -0.1) is 0 Å². The summed E-state index contributed by atoms with van der Waals surface area (Å²) in [4.78, 5) is 4.74. The lowest BCUT2D eigenvalue weighted by atomic mass is 10.1. The van der Waals surface area contributed by atoms with E-state index < -0.39 is 0 Å². The highest BCUT2D eigenvalue weighted by Crippen LogP contribution is 2.36. The Morgan fingerprint density at radius 3 is 2.32 bits per heavy atom. The predicted octanol–water partition coefficient (Wildman–Crippen LogP) is 5.49. The standard InChI is InChI=1S/C20H15NO/c1-14-11-12-19-17(13-14)20(22-15-7-3-2-4-8-15)16-9-5-6-10-18(16)21-19/h2-13H,1H3. The summed E-state index contributed by atoms with van der Waals surface area (Å²) in [7, 11) is 0. The van der Waals surface area contributed by atoms with E-state index in [0.29, 0.717) is 0 Å². The van der Waals surface area contributed by atoms with E-state index >= 15 is 0 Å². The van der Waals surface area contributed by atoms with Crippen molar-refractivity contribution < 1.29 is 4.74 Å². The van der Waals surface area contributed by atoms with Crippen molar-refractivity contribution in [3.63, 3.8) is 0 Å². The van der Waals surface area contributed by atoms with Crippen LogP contribution in [0.25, 0.3) is 21.8 Å². The SMILES string of the molecule is Cc1ccc2nc3ccccc3c(Oc3ccccc3)c2c1. The Labute approximate surface area is 129 Å². The summed E-state index contributed by atoms with van der Waals surface area (Å²) in [6.07, 6.45) is 0. The van der Waals surface area contributed by atoms with Gasteiger partial charge in [0.1, 0.15) is 11.5 Å². The zero-order valence-corrected chi connectivity index (χ0v) is 12.3. The highest BCUT2D eigenvalue weighted by atomic mass is 16.5. The fourth-order valence-electron chi connectivity index (χ4n) is 2.68. The molecule has 0 aliphatic heterocycles. The third kappa shape index (κ3) is 2.19. The fraction of sp³-hybridized carbons (Fsp3) is 0.0500. The lowest BCUT2D eigenvalue weighted by molar-refractivity contribution is 0.493. The van der Waals surface area contributed by atoms with E-state index in [4.69, 9.17) is 9.72 Å². The van der Waals surface area contributed by atoms with Crippen molar-refractivity contribution in [1.29, 1.82) is 0 Å². The quantitative estimate of drug-likeness (QED) is 0.454. The summed E-state index contributed by atoms with van der Waals surface area (Å²) < 4.78 is 6.22. The van der Waals surface area contributed by atoms with Crippen LogP contribution >= 0.6 is 0 Å². The second-order valence-electron chi connectivity index (χ2n) is 5.39. The number of nitrogens with zero attached hydrogens (tertiary/aromatic N) is 1. The lowest BCUT2D eigenvalue weighted by Crippen LogP contribution is -1.91. The van der Waals surface area contributed by atoms with Crippen molar-refractivity contribution in [1.82, 2.24) is 4.98 Å². The van der Waals surface area contributed by atoms with Crippen LogP contribution in [-0.2, 0) is 0 Å². The Morgan fingerprint density at radius 2 is 1.45 bits per heavy atom. The van der Waals surface area contributed by atoms with E-state index in [1.165, 1.54) is 5.56 Å². The van der Waals surface area contributed by atoms with E-state index in [1.807, 2.05) is 48.5 Å². The minimum Gasteiger partial charge on any atom is -0.456 e. The number of pyridine rings is 1. The van der Waals surface area contributed by atoms with Crippen LogP contribution in [0.1, 0.15) is 5.56 Å². The molecule has 0 fully saturated rings. The molecule has 0 amide bonds. The minimum absolute atomic E-state index is 0.835. The van der Waals surface area contributed by atoms with Gasteiger partial charge in [-0.25, -0.2) is 4.98 Å². The Morgan fingerprint density at radius 1 is 0.727 bits per heavy atom. The maximum absolute atomic E-state index is 6.22. The lowest BCUT2D eigenvalue weighted by Gasteiger charge is -2.12. The number of hydrogen-bond acceptors (Lipinski definition) is 2. The van der Waals surface area contributed by atoms with Gasteiger partial charge in [-0.1, -0.05) is 42.0 Å². The van der Waals surface area contributed by atoms with E-state index in [2.05, 4.69) is 31.2 Å². The van der Waals surface area contributed by atoms with Crippen LogP contribution in [-0.4, -0.2) is 4.98 Å². The van der Waals surface area contributed by atoms with Crippen molar-refractivity contribution >= 4 is 21.8 Å². The normalized spacial score (nSPS) is 11.0. The third-order valence-corrected chi connectivity index (χ3v) is 3.75. The molecule has 3 aromatic carbocycles. The number of rotatable bonds is 2. The van der Waals surface area contributed by atoms with Gasteiger partial charge < -0.3 is 4.74 Å². The predicted molar refractivity (Wildman–Crippen MR) is 90.5 cm³/mol. The largest absolute Gasteiger partial charge is 0.456 e. The van der Waals surface area contributed by atoms with Gasteiger partial charge in [0.05, 0.1) is 11.0 Å². The van der Waals surface area contributed by atoms with Gasteiger partial charge in [0.15, 0.2) is 0 Å². The molecule has 0 aliphatic carbocycles. The Balaban J connectivity index is 2.04. The summed E-state index contributed by atoms with van der Waals surface area (Å²) in [5.41, 5.74) is 3.10. The Bertz CT molecular complexity index is 961. The fourth-order valence-corrected chi connectivity index (χ4v) is 2.68. The third-order valence-electron chi connectivity index (χ3n) is 3.75. The first kappa shape index (κ1) is 12.8. The summed E-state index contributed by atoms with van der Waals surface area (Å²) >= 11 is 0. The van der Waals surface area contributed by atoms with E-state index in [-0.39, 0.29) is 0 Å². The number of aromatic nitrogens is 1. The van der Waals surface area contributed by atoms with Gasteiger partial charge >= 0.3 is 0 Å². The highest BCUT2D eigenvalue weighted by molar-refractivity contribution is 6.01. The first-order valence-electron chi connectivity index (χ1n) is 7.33. The number of ether oxygens (including phenoxy) is 1. The smallest absolute Gasteiger partial charge is 0.146 e. The molecule has 22 heavy (non-hydrogen) atoms. The van der Waals surface area contributed by atoms with Gasteiger partial charge in [0.25, 0.3) is 0 Å². The topological polar surface area (TPSA) is 22.1 Å². The van der Waals surface area contributed by atoms with Crippen LogP contribution in [0.4, 0.5) is 0 Å². The van der Waals surface area contributed by atoms with Gasteiger partial charge in [0, 0.05) is 10.8 Å². The zero-order chi connectivity index (χ0) is 14.9. The van der Waals surface area contributed by atoms with Gasteiger partial charge in [-0.05, 0) is 43.3 Å². The highest BCUT2D eigenvalue weighted by Gasteiger charge is 2.11. The molecule has 106 valence electrons. The van der Waals surface area contributed by atoms with Crippen LogP contribution in [0.3, 0.4) is 0 Å². The second-order valence-corrected chi connectivity index (χ2v) is 5.39. The molecular formula is C20H15NO. The second kappa shape index (κ2) is 5.15. The van der Waals surface area contributed by atoms with Gasteiger partial charge in [-0.3, -0.25) is 0 Å². The molecular weight excluding hydrogens is 270 g/mol. The van der Waals surface area contributed by atoms with Crippen molar-refractivity contribution in [3.8, 4) is 11.5 Å². The van der Waals surface area contributed by atoms with Crippen LogP contribution < -0.4 is 4.74 Å². The number of para-hydroxylation sites is 2. The van der Waals surface area contributed by atoms with Crippen molar-refractivity contribution in [2.45, 2.75) is 6.92 Å². The molecule has 0 radical (unpaired) electrons. The van der Waals surface area contributed by atoms with E-state index in [0.717, 1.165) is 33.3 Å². The van der Waals surface area contributed by atoms with Crippen LogP contribution in [0.2, 0.25) is 0 Å². The van der Waals surface area contributed by atoms with E-state index in [1.54, 1.807) is 0 Å². The molecule has 0 unspecified atom stereocenters. The Hall–Kier alpha value is -2.87. The molecule has 0 saturated carbocycles. The van der Waals surface area contributed by atoms with Crippen LogP contribution in [0.5, 0.6) is 11.5 Å². The number of aryl methyl sites for hydroxylation is 1. The molecule has 0 aliphatic rings. The summed E-state index contributed by atoms with van der Waals surface area (Å²) in [5.74, 6) is 1.71. The average Bonchev–Trinajstić information content (AvgIpc) is 2.56. The molecule has 0 atom stereocenters. The van der Waals surface area contributed by atoms with Crippen LogP contribution in [0.15, 0.2) is 72.8 Å². The van der Waals surface area contributed by atoms with Gasteiger partial charge in [0.2, 0.25) is 0 Å². The molecule has 0 N–H and O–H groups in total. The maximum Gasteiger partial charge on any atom is 0.146 e. The molecule has 2 heteroatoms. The van der Waals surface area contributed by atoms with E-state index in [9.17, 15) is 0 Å². The maximum atomic E-state index is 6.22. The summed E-state index contributed by atoms with van der Waals surface area (Å²) in [6, 6.07) is 24.2. The molecule has 0 bridgehead atoms. The first-order valence-corrected chi connectivity index (χ1v) is 7.33. The van der Waals surface area contributed by atoms with Crippen LogP contribution in [0, 0.1) is 6.92 Å². The molecule has 1 aromatic heterocycles. The zero-order valence-electron chi connectivity index (χ0n) is 12.3. The summed E-state index contributed by atoms with van der Waals surface area (Å²) in [5, 5.41) is 2.08. The molecule has 2 nitrogen and oxygen atoms in total. The molecule has 0 spiro atoms. The molecule has 4 rings (SSSR count). The molecule has 1 heterocycles. The number of fused-ring (bicyclic) bond motifs is 2. The van der Waals surface area contributed by atoms with Crippen molar-refractivity contribution in [3.05, 3.63) is 78.4 Å². The average molecular weight is 285 g/mol. The molecule has 0 saturated heterocycles. The minimum atomic E-state index is 0.835. The van der Waals surface area contributed by atoms with Crippen molar-refractivity contribution in [2.75, 3.05) is 0 Å². The van der Waals surface area contributed by atoms with Crippen molar-refractivity contribution in [2.24, 2.45) is 0 Å². The Kier molecular flexibility index (Phi) is 3.01. The number of benzene rings is 3. The summed E-state index contributed by atoms with van der Waals surface area (Å²) in [6.45, 7) is 2.08. The number of hydrogen-bond donors (Lipinski definition) is 0. The molecule has 4 aromatic rings. The monoisotopic (exact) mass is 285 g/mol.